The second-order valence-electron chi connectivity index (χ2n) is 1.88. The van der Waals surface area contributed by atoms with Gasteiger partial charge in [0, 0.05) is 30.1 Å². The molecule has 0 aromatic heterocycles. The summed E-state index contributed by atoms with van der Waals surface area (Å²) in [7, 11) is 0. The predicted octanol–water partition coefficient (Wildman–Crippen LogP) is 1.48. The second kappa shape index (κ2) is 10.4. The summed E-state index contributed by atoms with van der Waals surface area (Å²) in [5.74, 6) is -0.458. The molecule has 0 amide bonds. The van der Waals surface area contributed by atoms with Crippen molar-refractivity contribution in [2.75, 3.05) is 17.3 Å². The molecule has 0 aromatic carbocycles. The molecule has 3 nitrogen and oxygen atoms in total. The second-order valence-corrected chi connectivity index (χ2v) is 3.17. The Balaban J connectivity index is 0. The maximum absolute atomic E-state index is 9.00. The van der Waals surface area contributed by atoms with Gasteiger partial charge in [0.25, 0.3) is 5.97 Å². The van der Waals surface area contributed by atoms with Crippen molar-refractivity contribution in [1.29, 1.82) is 0 Å². The number of hydrogen-bond acceptors (Lipinski definition) is 2. The van der Waals surface area contributed by atoms with Crippen LogP contribution in [0, 0.1) is 5.92 Å². The first-order valence-electron chi connectivity index (χ1n) is 3.00. The van der Waals surface area contributed by atoms with Gasteiger partial charge >= 0.3 is 0 Å². The van der Waals surface area contributed by atoms with Gasteiger partial charge < -0.3 is 10.2 Å². The third kappa shape index (κ3) is 17.9. The van der Waals surface area contributed by atoms with Gasteiger partial charge in [-0.15, -0.1) is 0 Å². The van der Waals surface area contributed by atoms with Crippen LogP contribution in [0.1, 0.15) is 6.92 Å². The van der Waals surface area contributed by atoms with Crippen LogP contribution in [0.15, 0.2) is 0 Å². The first-order chi connectivity index (χ1) is 5.08. The van der Waals surface area contributed by atoms with E-state index in [9.17, 15) is 0 Å². The first-order valence-corrected chi connectivity index (χ1v) is 5.25. The fraction of sp³-hybridized carbons (Fsp3) is 0.833. The fourth-order valence-electron chi connectivity index (χ4n) is 0.139. The lowest BCUT2D eigenvalue weighted by Gasteiger charge is -2.02. The fourth-order valence-corrected chi connectivity index (χ4v) is 1.62. The van der Waals surface area contributed by atoms with Crippen LogP contribution in [0.3, 0.4) is 0 Å². The van der Waals surface area contributed by atoms with E-state index in [1.165, 1.54) is 0 Å². The van der Waals surface area contributed by atoms with Gasteiger partial charge in [0.1, 0.15) is 0 Å². The Morgan fingerprint density at radius 2 is 1.73 bits per heavy atom. The summed E-state index contributed by atoms with van der Waals surface area (Å²) < 4.78 is 0. The topological polar surface area (TPSA) is 57.5 Å². The summed E-state index contributed by atoms with van der Waals surface area (Å²) >= 11 is 6.49. The lowest BCUT2D eigenvalue weighted by molar-refractivity contribution is -0.134. The van der Waals surface area contributed by atoms with E-state index < -0.39 is 5.97 Å². The minimum Gasteiger partial charge on any atom is -0.481 e. The normalized spacial score (nSPS) is 8.82. The molecule has 0 saturated carbocycles. The van der Waals surface area contributed by atoms with E-state index in [4.69, 9.17) is 15.0 Å². The molecule has 0 fully saturated rings. The lowest BCUT2D eigenvalue weighted by atomic mass is 10.2. The van der Waals surface area contributed by atoms with Crippen LogP contribution >= 0.6 is 31.9 Å². The highest BCUT2D eigenvalue weighted by atomic mass is 79.9. The van der Waals surface area contributed by atoms with Crippen molar-refractivity contribution < 1.29 is 15.0 Å². The van der Waals surface area contributed by atoms with Crippen molar-refractivity contribution in [3.8, 4) is 0 Å². The van der Waals surface area contributed by atoms with Crippen LogP contribution in [-0.4, -0.2) is 33.4 Å². The molecule has 2 N–H and O–H groups in total. The van der Waals surface area contributed by atoms with Crippen molar-refractivity contribution in [2.24, 2.45) is 5.92 Å². The third-order valence-electron chi connectivity index (χ3n) is 0.695. The number of carboxylic acids is 1. The van der Waals surface area contributed by atoms with E-state index >= 15 is 0 Å². The van der Waals surface area contributed by atoms with Gasteiger partial charge in [0.05, 0.1) is 0 Å². The molecule has 0 radical (unpaired) electrons. The monoisotopic (exact) mass is 290 g/mol. The van der Waals surface area contributed by atoms with E-state index in [0.717, 1.165) is 17.6 Å². The largest absolute Gasteiger partial charge is 0.481 e. The number of halogens is 2. The molecule has 0 unspecified atom stereocenters. The third-order valence-corrected chi connectivity index (χ3v) is 2.53. The summed E-state index contributed by atoms with van der Waals surface area (Å²) in [6, 6.07) is 0. The predicted molar refractivity (Wildman–Crippen MR) is 51.5 cm³/mol. The quantitative estimate of drug-likeness (QED) is 0.775. The van der Waals surface area contributed by atoms with E-state index in [1.54, 1.807) is 0 Å². The zero-order chi connectivity index (χ0) is 9.28. The molecule has 11 heavy (non-hydrogen) atoms. The number of carbonyl (C=O) groups is 1. The maximum Gasteiger partial charge on any atom is 0.300 e. The van der Waals surface area contributed by atoms with Crippen LogP contribution in [0.4, 0.5) is 0 Å². The molecule has 5 heteroatoms. The SMILES string of the molecule is CC(=O)O.OCC(CBr)CBr. The van der Waals surface area contributed by atoms with Crippen LogP contribution in [0.5, 0.6) is 0 Å². The standard InChI is InChI=1S/C4H8Br2O.C2H4O2/c5-1-4(2-6)3-7;1-2(3)4/h4,7H,1-3H2;1H3,(H,3,4). The molecule has 68 valence electrons. The number of alkyl halides is 2. The Kier molecular flexibility index (Phi) is 13.2. The maximum atomic E-state index is 9.00. The van der Waals surface area contributed by atoms with Crippen molar-refractivity contribution in [1.82, 2.24) is 0 Å². The van der Waals surface area contributed by atoms with Crippen LogP contribution in [0.2, 0.25) is 0 Å². The molecule has 0 heterocycles. The first kappa shape index (κ1) is 13.9. The van der Waals surface area contributed by atoms with Gasteiger partial charge in [-0.1, -0.05) is 31.9 Å². The molecule has 0 aliphatic carbocycles. The van der Waals surface area contributed by atoms with Gasteiger partial charge in [0.15, 0.2) is 0 Å². The zero-order valence-corrected chi connectivity index (χ0v) is 9.43. The Bertz CT molecular complexity index is 84.3. The molecule has 0 atom stereocenters. The molecule has 0 aliphatic heterocycles. The number of aliphatic hydroxyl groups excluding tert-OH is 1. The molecule has 0 saturated heterocycles. The summed E-state index contributed by atoms with van der Waals surface area (Å²) in [4.78, 5) is 9.00. The Morgan fingerprint density at radius 1 is 1.45 bits per heavy atom. The average molecular weight is 292 g/mol. The van der Waals surface area contributed by atoms with E-state index in [1.807, 2.05) is 0 Å². The van der Waals surface area contributed by atoms with Crippen LogP contribution < -0.4 is 0 Å². The van der Waals surface area contributed by atoms with E-state index in [-0.39, 0.29) is 6.61 Å². The van der Waals surface area contributed by atoms with Crippen LogP contribution in [-0.2, 0) is 4.79 Å². The van der Waals surface area contributed by atoms with E-state index in [2.05, 4.69) is 31.9 Å². The molecule has 0 bridgehead atoms. The number of aliphatic carboxylic acids is 1. The molecule has 0 aliphatic rings. The lowest BCUT2D eigenvalue weighted by Crippen LogP contribution is -2.07. The number of hydrogen-bond donors (Lipinski definition) is 2. The minimum atomic E-state index is -0.833. The smallest absolute Gasteiger partial charge is 0.300 e. The highest BCUT2D eigenvalue weighted by Crippen LogP contribution is 2.02. The summed E-state index contributed by atoms with van der Waals surface area (Å²) in [6.45, 7) is 1.34. The van der Waals surface area contributed by atoms with Gasteiger partial charge in [-0.3, -0.25) is 4.79 Å². The van der Waals surface area contributed by atoms with Gasteiger partial charge in [-0.2, -0.15) is 0 Å². The minimum absolute atomic E-state index is 0.260. The highest BCUT2D eigenvalue weighted by molar-refractivity contribution is 9.09. The summed E-state index contributed by atoms with van der Waals surface area (Å²) in [5, 5.41) is 17.6. The average Bonchev–Trinajstić information content (AvgIpc) is 1.90. The van der Waals surface area contributed by atoms with Gasteiger partial charge in [0.2, 0.25) is 0 Å². The van der Waals surface area contributed by atoms with E-state index in [0.29, 0.717) is 5.92 Å². The molecular weight excluding hydrogens is 280 g/mol. The summed E-state index contributed by atoms with van der Waals surface area (Å²) in [5.41, 5.74) is 0. The Labute approximate surface area is 83.1 Å². The van der Waals surface area contributed by atoms with Crippen molar-refractivity contribution >= 4 is 37.8 Å². The Morgan fingerprint density at radius 3 is 1.73 bits per heavy atom. The van der Waals surface area contributed by atoms with Gasteiger partial charge in [-0.05, 0) is 0 Å². The molecule has 0 rings (SSSR count). The number of aliphatic hydroxyl groups is 1. The number of carboxylic acid groups (broad SMARTS) is 1. The molecule has 0 aromatic rings. The number of rotatable bonds is 3. The summed E-state index contributed by atoms with van der Waals surface area (Å²) in [6.07, 6.45) is 0. The van der Waals surface area contributed by atoms with Gasteiger partial charge in [-0.25, -0.2) is 0 Å². The van der Waals surface area contributed by atoms with Crippen molar-refractivity contribution in [3.63, 3.8) is 0 Å². The van der Waals surface area contributed by atoms with Crippen molar-refractivity contribution in [2.45, 2.75) is 6.92 Å². The molecular formula is C6H12Br2O3. The Hall–Kier alpha value is 0.390. The van der Waals surface area contributed by atoms with Crippen LogP contribution in [0.25, 0.3) is 0 Å². The highest BCUT2D eigenvalue weighted by Gasteiger charge is 1.99. The molecule has 0 spiro atoms. The zero-order valence-electron chi connectivity index (χ0n) is 6.26. The van der Waals surface area contributed by atoms with Crippen molar-refractivity contribution in [3.05, 3.63) is 0 Å².